The summed E-state index contributed by atoms with van der Waals surface area (Å²) in [5, 5.41) is 9.52. The van der Waals surface area contributed by atoms with Crippen molar-refractivity contribution in [2.24, 2.45) is 0 Å². The molecule has 1 atom stereocenters. The van der Waals surface area contributed by atoms with Crippen molar-refractivity contribution >= 4 is 12.4 Å². The molecule has 0 bridgehead atoms. The van der Waals surface area contributed by atoms with Gasteiger partial charge in [-0.25, -0.2) is 0 Å². The van der Waals surface area contributed by atoms with Crippen molar-refractivity contribution < 1.29 is 18.1 Å². The third kappa shape index (κ3) is 3.49. The molecule has 1 N–H and O–H groups in total. The van der Waals surface area contributed by atoms with Crippen LogP contribution in [0.5, 0.6) is 0 Å². The van der Waals surface area contributed by atoms with Crippen LogP contribution in [0, 0.1) is 0 Å². The number of hydrogen-bond acceptors (Lipinski definition) is 2. The first kappa shape index (κ1) is 13.4. The highest BCUT2D eigenvalue weighted by Gasteiger charge is 2.25. The number of rotatable bonds is 3. The lowest BCUT2D eigenvalue weighted by atomic mass is 9.79. The zero-order chi connectivity index (χ0) is 13.2. The SMILES string of the molecule is OC1CCCN(Cc2cccc([B-](F)(F)F)c2)C1. The van der Waals surface area contributed by atoms with Gasteiger partial charge in [-0.2, -0.15) is 0 Å². The number of halogens is 3. The standard InChI is InChI=1S/C12H16BF3NO/c14-13(15,16)11-4-1-3-10(7-11)8-17-6-2-5-12(18)9-17/h1,3-4,7,12,18H,2,5-6,8-9H2/q-1. The first-order valence-corrected chi connectivity index (χ1v) is 6.14. The minimum Gasteiger partial charge on any atom is -0.445 e. The van der Waals surface area contributed by atoms with E-state index in [4.69, 9.17) is 0 Å². The van der Waals surface area contributed by atoms with Crippen LogP contribution >= 0.6 is 0 Å². The van der Waals surface area contributed by atoms with Gasteiger partial charge >= 0.3 is 6.98 Å². The molecule has 1 aliphatic heterocycles. The monoisotopic (exact) mass is 258 g/mol. The van der Waals surface area contributed by atoms with Crippen LogP contribution in [0.15, 0.2) is 24.3 Å². The number of aliphatic hydroxyl groups is 1. The summed E-state index contributed by atoms with van der Waals surface area (Å²) < 4.78 is 37.9. The molecule has 0 radical (unpaired) electrons. The van der Waals surface area contributed by atoms with Gasteiger partial charge in [0.1, 0.15) is 0 Å². The number of aliphatic hydroxyl groups excluding tert-OH is 1. The molecule has 0 spiro atoms. The van der Waals surface area contributed by atoms with Crippen molar-refractivity contribution in [1.29, 1.82) is 0 Å². The first-order chi connectivity index (χ1) is 8.45. The summed E-state index contributed by atoms with van der Waals surface area (Å²) in [5.41, 5.74) is 0.103. The Balaban J connectivity index is 2.05. The van der Waals surface area contributed by atoms with E-state index in [-0.39, 0.29) is 6.10 Å². The molecule has 1 saturated heterocycles. The summed E-state index contributed by atoms with van der Waals surface area (Å²) in [6, 6.07) is 5.46. The number of β-amino-alcohol motifs (C(OH)–C–C–N with tert-alkyl or cyclic N) is 1. The summed E-state index contributed by atoms with van der Waals surface area (Å²) in [4.78, 5) is 2.00. The Morgan fingerprint density at radius 2 is 2.11 bits per heavy atom. The number of hydrogen-bond donors (Lipinski definition) is 1. The predicted molar refractivity (Wildman–Crippen MR) is 65.7 cm³/mol. The van der Waals surface area contributed by atoms with Gasteiger partial charge in [-0.1, -0.05) is 24.3 Å². The minimum absolute atomic E-state index is 0.353. The molecule has 100 valence electrons. The van der Waals surface area contributed by atoms with Crippen LogP contribution in [0.3, 0.4) is 0 Å². The molecule has 1 aliphatic rings. The molecule has 1 heterocycles. The van der Waals surface area contributed by atoms with Crippen LogP contribution in [0.25, 0.3) is 0 Å². The maximum Gasteiger partial charge on any atom is 0.509 e. The third-order valence-corrected chi connectivity index (χ3v) is 3.22. The topological polar surface area (TPSA) is 23.5 Å². The van der Waals surface area contributed by atoms with Gasteiger partial charge in [0.05, 0.1) is 6.10 Å². The molecule has 0 aliphatic carbocycles. The molecular formula is C12H16BF3NO-. The summed E-state index contributed by atoms with van der Waals surface area (Å²) in [7, 11) is 0. The normalized spacial score (nSPS) is 22.1. The van der Waals surface area contributed by atoms with Gasteiger partial charge in [0, 0.05) is 13.1 Å². The fourth-order valence-electron chi connectivity index (χ4n) is 2.33. The molecule has 0 saturated carbocycles. The molecule has 1 fully saturated rings. The van der Waals surface area contributed by atoms with Gasteiger partial charge in [-0.15, -0.1) is 5.46 Å². The van der Waals surface area contributed by atoms with Crippen LogP contribution in [-0.4, -0.2) is 36.2 Å². The van der Waals surface area contributed by atoms with E-state index in [0.717, 1.165) is 25.5 Å². The van der Waals surface area contributed by atoms with Gasteiger partial charge in [-0.05, 0) is 24.9 Å². The molecule has 0 aromatic heterocycles. The molecule has 18 heavy (non-hydrogen) atoms. The van der Waals surface area contributed by atoms with Crippen molar-refractivity contribution in [2.45, 2.75) is 25.5 Å². The molecule has 2 nitrogen and oxygen atoms in total. The van der Waals surface area contributed by atoms with Crippen molar-refractivity contribution in [3.8, 4) is 0 Å². The Hall–Kier alpha value is -1.01. The van der Waals surface area contributed by atoms with E-state index in [1.165, 1.54) is 12.1 Å². The Morgan fingerprint density at radius 1 is 1.33 bits per heavy atom. The molecule has 1 unspecified atom stereocenters. The van der Waals surface area contributed by atoms with Crippen LogP contribution in [0.2, 0.25) is 0 Å². The Kier molecular flexibility index (Phi) is 3.97. The van der Waals surface area contributed by atoms with E-state index in [0.29, 0.717) is 18.7 Å². The molecule has 1 aromatic rings. The summed E-state index contributed by atoms with van der Waals surface area (Å²) in [6.07, 6.45) is 1.32. The molecule has 0 amide bonds. The van der Waals surface area contributed by atoms with Crippen LogP contribution in [0.4, 0.5) is 12.9 Å². The van der Waals surface area contributed by atoms with Gasteiger partial charge in [-0.3, -0.25) is 4.90 Å². The smallest absolute Gasteiger partial charge is 0.445 e. The van der Waals surface area contributed by atoms with E-state index in [1.807, 2.05) is 4.90 Å². The van der Waals surface area contributed by atoms with E-state index >= 15 is 0 Å². The summed E-state index contributed by atoms with van der Waals surface area (Å²) in [5.74, 6) is 0. The third-order valence-electron chi connectivity index (χ3n) is 3.22. The average Bonchev–Trinajstić information content (AvgIpc) is 2.28. The van der Waals surface area contributed by atoms with E-state index in [2.05, 4.69) is 0 Å². The highest BCUT2D eigenvalue weighted by atomic mass is 19.4. The molecule has 2 rings (SSSR count). The maximum absolute atomic E-state index is 12.6. The number of piperidine rings is 1. The molecule has 1 aromatic carbocycles. The second kappa shape index (κ2) is 5.32. The lowest BCUT2D eigenvalue weighted by Crippen LogP contribution is -2.38. The lowest BCUT2D eigenvalue weighted by Gasteiger charge is -2.30. The van der Waals surface area contributed by atoms with E-state index in [9.17, 15) is 18.1 Å². The van der Waals surface area contributed by atoms with Gasteiger partial charge < -0.3 is 18.1 Å². The molecule has 6 heteroatoms. The van der Waals surface area contributed by atoms with E-state index < -0.39 is 12.4 Å². The van der Waals surface area contributed by atoms with Gasteiger partial charge in [0.2, 0.25) is 0 Å². The number of nitrogens with zero attached hydrogens (tertiary/aromatic N) is 1. The zero-order valence-electron chi connectivity index (χ0n) is 10.0. The van der Waals surface area contributed by atoms with Gasteiger partial charge in [0.15, 0.2) is 0 Å². The Morgan fingerprint density at radius 3 is 2.78 bits per heavy atom. The second-order valence-corrected chi connectivity index (χ2v) is 4.85. The highest BCUT2D eigenvalue weighted by molar-refractivity contribution is 6.73. The summed E-state index contributed by atoms with van der Waals surface area (Å²) in [6.45, 7) is -3.09. The van der Waals surface area contributed by atoms with Crippen molar-refractivity contribution in [2.75, 3.05) is 13.1 Å². The van der Waals surface area contributed by atoms with E-state index in [1.54, 1.807) is 6.07 Å². The second-order valence-electron chi connectivity index (χ2n) is 4.85. The fourth-order valence-corrected chi connectivity index (χ4v) is 2.33. The van der Waals surface area contributed by atoms with Crippen molar-refractivity contribution in [1.82, 2.24) is 4.90 Å². The van der Waals surface area contributed by atoms with Crippen LogP contribution in [-0.2, 0) is 6.54 Å². The Labute approximate surface area is 104 Å². The zero-order valence-corrected chi connectivity index (χ0v) is 10.0. The Bertz CT molecular complexity index is 411. The fraction of sp³-hybridized carbons (Fsp3) is 0.500. The molecular weight excluding hydrogens is 242 g/mol. The van der Waals surface area contributed by atoms with Crippen molar-refractivity contribution in [3.05, 3.63) is 29.8 Å². The quantitative estimate of drug-likeness (QED) is 0.834. The van der Waals surface area contributed by atoms with Crippen LogP contribution < -0.4 is 5.46 Å². The number of benzene rings is 1. The largest absolute Gasteiger partial charge is 0.509 e. The van der Waals surface area contributed by atoms with Crippen LogP contribution in [0.1, 0.15) is 18.4 Å². The average molecular weight is 258 g/mol. The minimum atomic E-state index is -4.93. The maximum atomic E-state index is 12.6. The first-order valence-electron chi connectivity index (χ1n) is 6.14. The highest BCUT2D eigenvalue weighted by Crippen LogP contribution is 2.15. The predicted octanol–water partition coefficient (Wildman–Crippen LogP) is 1.70. The van der Waals surface area contributed by atoms with Crippen molar-refractivity contribution in [3.63, 3.8) is 0 Å². The van der Waals surface area contributed by atoms with Gasteiger partial charge in [0.25, 0.3) is 0 Å². The number of likely N-dealkylation sites (tertiary alicyclic amines) is 1. The summed E-state index contributed by atoms with van der Waals surface area (Å²) >= 11 is 0. The lowest BCUT2D eigenvalue weighted by molar-refractivity contribution is 0.0668.